The summed E-state index contributed by atoms with van der Waals surface area (Å²) in [6.45, 7) is 0.429. The van der Waals surface area contributed by atoms with Crippen molar-refractivity contribution in [1.29, 1.82) is 0 Å². The Morgan fingerprint density at radius 2 is 1.65 bits per heavy atom. The van der Waals surface area contributed by atoms with E-state index in [1.165, 1.54) is 18.2 Å². The Morgan fingerprint density at radius 3 is 2.35 bits per heavy atom. The van der Waals surface area contributed by atoms with Gasteiger partial charge in [0.15, 0.2) is 11.6 Å². The maximum absolute atomic E-state index is 13.3. The molecule has 0 spiro atoms. The van der Waals surface area contributed by atoms with Crippen molar-refractivity contribution >= 4 is 6.03 Å². The van der Waals surface area contributed by atoms with E-state index in [0.29, 0.717) is 0 Å². The van der Waals surface area contributed by atoms with Gasteiger partial charge in [0.25, 0.3) is 0 Å². The van der Waals surface area contributed by atoms with Gasteiger partial charge in [0.1, 0.15) is 18.2 Å². The summed E-state index contributed by atoms with van der Waals surface area (Å²) in [7, 11) is 0. The van der Waals surface area contributed by atoms with Crippen LogP contribution in [0.1, 0.15) is 5.56 Å². The van der Waals surface area contributed by atoms with Crippen molar-refractivity contribution in [2.75, 3.05) is 13.2 Å². The maximum Gasteiger partial charge on any atom is 0.315 e. The molecule has 0 unspecified atom stereocenters. The standard InChI is InChI=1S/C16H15F3N2O2/c17-12-3-1-11(2-4-12)10-21-16(22)20-7-8-23-15-6-5-13(18)9-14(15)19/h1-6,9H,7-8,10H2,(H2,20,21,22). The number of halogens is 3. The van der Waals surface area contributed by atoms with Crippen molar-refractivity contribution in [2.24, 2.45) is 0 Å². The summed E-state index contributed by atoms with van der Waals surface area (Å²) in [6, 6.07) is 8.29. The minimum absolute atomic E-state index is 0.0342. The fourth-order valence-corrected chi connectivity index (χ4v) is 1.76. The van der Waals surface area contributed by atoms with Crippen LogP contribution in [0.4, 0.5) is 18.0 Å². The van der Waals surface area contributed by atoms with Crippen LogP contribution in [0.5, 0.6) is 5.75 Å². The first-order chi connectivity index (χ1) is 11.0. The van der Waals surface area contributed by atoms with Crippen LogP contribution in [-0.2, 0) is 6.54 Å². The van der Waals surface area contributed by atoms with E-state index in [-0.39, 0.29) is 31.3 Å². The van der Waals surface area contributed by atoms with E-state index in [0.717, 1.165) is 17.7 Å². The van der Waals surface area contributed by atoms with Gasteiger partial charge in [0.2, 0.25) is 0 Å². The zero-order valence-electron chi connectivity index (χ0n) is 12.1. The molecule has 0 aliphatic rings. The number of carbonyl (C=O) groups is 1. The van der Waals surface area contributed by atoms with Gasteiger partial charge in [-0.3, -0.25) is 0 Å². The van der Waals surface area contributed by atoms with Crippen molar-refractivity contribution in [3.8, 4) is 5.75 Å². The highest BCUT2D eigenvalue weighted by atomic mass is 19.1. The number of carbonyl (C=O) groups excluding carboxylic acids is 1. The number of rotatable bonds is 6. The van der Waals surface area contributed by atoms with Crippen molar-refractivity contribution in [2.45, 2.75) is 6.54 Å². The van der Waals surface area contributed by atoms with E-state index in [2.05, 4.69) is 10.6 Å². The Hall–Kier alpha value is -2.70. The highest BCUT2D eigenvalue weighted by molar-refractivity contribution is 5.73. The van der Waals surface area contributed by atoms with Gasteiger partial charge in [-0.15, -0.1) is 0 Å². The second-order valence-electron chi connectivity index (χ2n) is 4.66. The third kappa shape index (κ3) is 5.54. The third-order valence-electron chi connectivity index (χ3n) is 2.91. The lowest BCUT2D eigenvalue weighted by molar-refractivity contribution is 0.235. The quantitative estimate of drug-likeness (QED) is 0.803. The molecule has 0 heterocycles. The molecule has 2 rings (SSSR count). The Kier molecular flexibility index (Phi) is 5.85. The predicted octanol–water partition coefficient (Wildman–Crippen LogP) is 2.98. The van der Waals surface area contributed by atoms with E-state index < -0.39 is 17.7 Å². The Morgan fingerprint density at radius 1 is 0.957 bits per heavy atom. The Labute approximate surface area is 131 Å². The summed E-state index contributed by atoms with van der Waals surface area (Å²) >= 11 is 0. The van der Waals surface area contributed by atoms with Gasteiger partial charge < -0.3 is 15.4 Å². The van der Waals surface area contributed by atoms with E-state index in [1.54, 1.807) is 12.1 Å². The lowest BCUT2D eigenvalue weighted by Gasteiger charge is -2.09. The van der Waals surface area contributed by atoms with Gasteiger partial charge in [0, 0.05) is 12.6 Å². The summed E-state index contributed by atoms with van der Waals surface area (Å²) in [4.78, 5) is 11.5. The molecule has 2 amide bonds. The van der Waals surface area contributed by atoms with Gasteiger partial charge >= 0.3 is 6.03 Å². The fourth-order valence-electron chi connectivity index (χ4n) is 1.76. The van der Waals surface area contributed by atoms with E-state index in [9.17, 15) is 18.0 Å². The SMILES string of the molecule is O=C(NCCOc1ccc(F)cc1F)NCc1ccc(F)cc1. The second-order valence-corrected chi connectivity index (χ2v) is 4.66. The van der Waals surface area contributed by atoms with Crippen LogP contribution < -0.4 is 15.4 Å². The summed E-state index contributed by atoms with van der Waals surface area (Å²) in [5, 5.41) is 5.10. The molecule has 0 saturated heterocycles. The highest BCUT2D eigenvalue weighted by Crippen LogP contribution is 2.17. The van der Waals surface area contributed by atoms with Crippen LogP contribution in [0, 0.1) is 17.5 Å². The Balaban J connectivity index is 1.65. The molecule has 0 aromatic heterocycles. The molecular formula is C16H15F3N2O2. The molecule has 0 saturated carbocycles. The highest BCUT2D eigenvalue weighted by Gasteiger charge is 2.05. The van der Waals surface area contributed by atoms with Gasteiger partial charge in [-0.1, -0.05) is 12.1 Å². The van der Waals surface area contributed by atoms with Gasteiger partial charge in [0.05, 0.1) is 6.54 Å². The normalized spacial score (nSPS) is 10.2. The van der Waals surface area contributed by atoms with Crippen molar-refractivity contribution in [3.05, 3.63) is 65.5 Å². The summed E-state index contributed by atoms with van der Waals surface area (Å²) in [6.07, 6.45) is 0. The topological polar surface area (TPSA) is 50.4 Å². The zero-order valence-corrected chi connectivity index (χ0v) is 12.1. The lowest BCUT2D eigenvalue weighted by Crippen LogP contribution is -2.37. The number of urea groups is 1. The minimum Gasteiger partial charge on any atom is -0.489 e. The molecule has 0 radical (unpaired) electrons. The molecule has 2 aromatic carbocycles. The molecule has 2 aromatic rings. The molecular weight excluding hydrogens is 309 g/mol. The van der Waals surface area contributed by atoms with E-state index in [1.807, 2.05) is 0 Å². The fraction of sp³-hybridized carbons (Fsp3) is 0.188. The average Bonchev–Trinajstić information content (AvgIpc) is 2.52. The second kappa shape index (κ2) is 8.07. The molecule has 0 bridgehead atoms. The van der Waals surface area contributed by atoms with Crippen molar-refractivity contribution in [1.82, 2.24) is 10.6 Å². The predicted molar refractivity (Wildman–Crippen MR) is 78.5 cm³/mol. The average molecular weight is 324 g/mol. The molecule has 23 heavy (non-hydrogen) atoms. The molecule has 0 aliphatic heterocycles. The van der Waals surface area contributed by atoms with Crippen LogP contribution in [0.15, 0.2) is 42.5 Å². The molecule has 4 nitrogen and oxygen atoms in total. The van der Waals surface area contributed by atoms with Crippen LogP contribution in [0.3, 0.4) is 0 Å². The van der Waals surface area contributed by atoms with Crippen LogP contribution in [0.2, 0.25) is 0 Å². The molecule has 0 aliphatic carbocycles. The van der Waals surface area contributed by atoms with Gasteiger partial charge in [-0.25, -0.2) is 18.0 Å². The van der Waals surface area contributed by atoms with E-state index in [4.69, 9.17) is 4.74 Å². The number of amides is 2. The molecule has 0 fully saturated rings. The molecule has 0 atom stereocenters. The zero-order chi connectivity index (χ0) is 16.7. The molecule has 7 heteroatoms. The third-order valence-corrected chi connectivity index (χ3v) is 2.91. The Bertz CT molecular complexity index is 663. The number of hydrogen-bond acceptors (Lipinski definition) is 2. The van der Waals surface area contributed by atoms with Crippen molar-refractivity contribution < 1.29 is 22.7 Å². The number of nitrogens with one attached hydrogen (secondary N) is 2. The first-order valence-corrected chi connectivity index (χ1v) is 6.88. The maximum atomic E-state index is 13.3. The minimum atomic E-state index is -0.800. The van der Waals surface area contributed by atoms with Crippen LogP contribution >= 0.6 is 0 Å². The van der Waals surface area contributed by atoms with Gasteiger partial charge in [-0.05, 0) is 29.8 Å². The summed E-state index contributed by atoms with van der Waals surface area (Å²) < 4.78 is 43.8. The number of benzene rings is 2. The largest absolute Gasteiger partial charge is 0.489 e. The van der Waals surface area contributed by atoms with Gasteiger partial charge in [-0.2, -0.15) is 0 Å². The summed E-state index contributed by atoms with van der Waals surface area (Å²) in [5.41, 5.74) is 0.756. The summed E-state index contributed by atoms with van der Waals surface area (Å²) in [5.74, 6) is -1.91. The van der Waals surface area contributed by atoms with E-state index >= 15 is 0 Å². The van der Waals surface area contributed by atoms with Crippen molar-refractivity contribution in [3.63, 3.8) is 0 Å². The number of hydrogen-bond donors (Lipinski definition) is 2. The molecule has 2 N–H and O–H groups in total. The monoisotopic (exact) mass is 324 g/mol. The number of ether oxygens (including phenoxy) is 1. The first-order valence-electron chi connectivity index (χ1n) is 6.88. The lowest BCUT2D eigenvalue weighted by atomic mass is 10.2. The first kappa shape index (κ1) is 16.7. The molecule has 122 valence electrons. The van der Waals surface area contributed by atoms with Crippen LogP contribution in [-0.4, -0.2) is 19.2 Å². The smallest absolute Gasteiger partial charge is 0.315 e. The van der Waals surface area contributed by atoms with Crippen LogP contribution in [0.25, 0.3) is 0 Å².